The Morgan fingerprint density at radius 3 is 2.40 bits per heavy atom. The Morgan fingerprint density at radius 1 is 0.833 bits per heavy atom. The lowest BCUT2D eigenvalue weighted by Crippen LogP contribution is -1.95. The van der Waals surface area contributed by atoms with Gasteiger partial charge in [0.1, 0.15) is 11.5 Å². The van der Waals surface area contributed by atoms with Gasteiger partial charge in [0, 0.05) is 23.9 Å². The zero-order valence-electron chi connectivity index (χ0n) is 15.4. The van der Waals surface area contributed by atoms with E-state index in [-0.39, 0.29) is 45.3 Å². The van der Waals surface area contributed by atoms with Gasteiger partial charge in [0.05, 0.1) is 16.1 Å². The SMILES string of the molecule is Cc1c(Oc2nc3cc(Oc4ncc(Cl)cc4O)ccc3nc2O)ccc(O)c1O. The van der Waals surface area contributed by atoms with E-state index in [0.717, 1.165) is 0 Å². The maximum absolute atomic E-state index is 10.2. The molecule has 9 nitrogen and oxygen atoms in total. The standard InChI is InChI=1S/C20H14ClN3O6/c1-9-16(5-4-14(25)17(9)27)30-20-18(28)23-12-3-2-11(7-13(12)24-20)29-19-15(26)6-10(21)8-22-19/h2-8,25-27H,1H3,(H,23,28). The molecule has 4 rings (SSSR count). The van der Waals surface area contributed by atoms with Crippen molar-refractivity contribution in [3.8, 4) is 46.4 Å². The van der Waals surface area contributed by atoms with Crippen molar-refractivity contribution in [1.82, 2.24) is 15.0 Å². The summed E-state index contributed by atoms with van der Waals surface area (Å²) in [6.07, 6.45) is 1.33. The predicted octanol–water partition coefficient (Wildman–Crippen LogP) is 4.39. The topological polar surface area (TPSA) is 138 Å². The Hall–Kier alpha value is -3.98. The number of nitrogens with zero attached hydrogens (tertiary/aromatic N) is 3. The van der Waals surface area contributed by atoms with Crippen molar-refractivity contribution in [1.29, 1.82) is 0 Å². The molecular weight excluding hydrogens is 414 g/mol. The molecule has 2 heterocycles. The van der Waals surface area contributed by atoms with Crippen LogP contribution in [-0.4, -0.2) is 35.4 Å². The molecule has 0 unspecified atom stereocenters. The van der Waals surface area contributed by atoms with Crippen molar-refractivity contribution in [3.05, 3.63) is 53.2 Å². The molecule has 0 saturated heterocycles. The fourth-order valence-corrected chi connectivity index (χ4v) is 2.78. The quantitative estimate of drug-likeness (QED) is 0.349. The normalized spacial score (nSPS) is 10.9. The molecule has 0 radical (unpaired) electrons. The molecule has 0 spiro atoms. The molecule has 0 aliphatic rings. The van der Waals surface area contributed by atoms with Gasteiger partial charge in [-0.25, -0.2) is 15.0 Å². The molecule has 30 heavy (non-hydrogen) atoms. The van der Waals surface area contributed by atoms with Crippen LogP contribution in [0.5, 0.6) is 46.4 Å². The third kappa shape index (κ3) is 3.65. The monoisotopic (exact) mass is 427 g/mol. The van der Waals surface area contributed by atoms with Crippen LogP contribution in [-0.2, 0) is 0 Å². The molecule has 4 aromatic rings. The zero-order valence-corrected chi connectivity index (χ0v) is 16.1. The minimum Gasteiger partial charge on any atom is -0.504 e. The summed E-state index contributed by atoms with van der Waals surface area (Å²) >= 11 is 5.76. The Kier molecular flexibility index (Phi) is 4.80. The van der Waals surface area contributed by atoms with Gasteiger partial charge < -0.3 is 29.9 Å². The third-order valence-corrected chi connectivity index (χ3v) is 4.37. The van der Waals surface area contributed by atoms with E-state index in [1.54, 1.807) is 12.1 Å². The molecule has 0 bridgehead atoms. The van der Waals surface area contributed by atoms with Crippen LogP contribution < -0.4 is 9.47 Å². The number of aromatic hydroxyl groups is 4. The lowest BCUT2D eigenvalue weighted by molar-refractivity contribution is 0.374. The van der Waals surface area contributed by atoms with E-state index in [4.69, 9.17) is 21.1 Å². The Balaban J connectivity index is 1.69. The van der Waals surface area contributed by atoms with Gasteiger partial charge in [-0.2, -0.15) is 0 Å². The smallest absolute Gasteiger partial charge is 0.284 e. The number of phenolic OH excluding ortho intramolecular Hbond substituents is 2. The van der Waals surface area contributed by atoms with E-state index in [0.29, 0.717) is 16.8 Å². The first-order chi connectivity index (χ1) is 14.3. The van der Waals surface area contributed by atoms with Gasteiger partial charge in [0.25, 0.3) is 17.6 Å². The van der Waals surface area contributed by atoms with Gasteiger partial charge in [-0.05, 0) is 31.2 Å². The average Bonchev–Trinajstić information content (AvgIpc) is 2.71. The number of rotatable bonds is 4. The number of phenols is 2. The van der Waals surface area contributed by atoms with E-state index in [1.165, 1.54) is 37.4 Å². The van der Waals surface area contributed by atoms with E-state index in [2.05, 4.69) is 15.0 Å². The first-order valence-electron chi connectivity index (χ1n) is 8.54. The van der Waals surface area contributed by atoms with Gasteiger partial charge in [-0.1, -0.05) is 11.6 Å². The summed E-state index contributed by atoms with van der Waals surface area (Å²) in [5.74, 6) is -1.10. The number of benzene rings is 2. The molecule has 2 aromatic heterocycles. The number of ether oxygens (including phenoxy) is 2. The van der Waals surface area contributed by atoms with Crippen LogP contribution in [0.2, 0.25) is 5.02 Å². The molecule has 0 amide bonds. The predicted molar refractivity (Wildman–Crippen MR) is 107 cm³/mol. The van der Waals surface area contributed by atoms with Crippen LogP contribution in [0.3, 0.4) is 0 Å². The number of fused-ring (bicyclic) bond motifs is 1. The van der Waals surface area contributed by atoms with Crippen LogP contribution in [0, 0.1) is 6.92 Å². The molecule has 152 valence electrons. The second-order valence-electron chi connectivity index (χ2n) is 6.24. The van der Waals surface area contributed by atoms with E-state index < -0.39 is 5.88 Å². The lowest BCUT2D eigenvalue weighted by Gasteiger charge is -2.12. The Bertz CT molecular complexity index is 1280. The molecule has 10 heteroatoms. The number of halogens is 1. The van der Waals surface area contributed by atoms with Crippen LogP contribution in [0.4, 0.5) is 0 Å². The van der Waals surface area contributed by atoms with Crippen molar-refractivity contribution >= 4 is 22.6 Å². The lowest BCUT2D eigenvalue weighted by atomic mass is 10.2. The molecule has 2 aromatic carbocycles. The zero-order chi connectivity index (χ0) is 21.4. The van der Waals surface area contributed by atoms with Gasteiger partial charge in [0.2, 0.25) is 0 Å². The van der Waals surface area contributed by atoms with E-state index in [9.17, 15) is 20.4 Å². The fraction of sp³-hybridized carbons (Fsp3) is 0.0500. The van der Waals surface area contributed by atoms with Gasteiger partial charge in [0.15, 0.2) is 17.2 Å². The summed E-state index contributed by atoms with van der Waals surface area (Å²) in [6, 6.07) is 8.61. The van der Waals surface area contributed by atoms with E-state index >= 15 is 0 Å². The van der Waals surface area contributed by atoms with E-state index in [1.807, 2.05) is 0 Å². The summed E-state index contributed by atoms with van der Waals surface area (Å²) in [7, 11) is 0. The number of aromatic nitrogens is 3. The van der Waals surface area contributed by atoms with Crippen molar-refractivity contribution < 1.29 is 29.9 Å². The second-order valence-corrected chi connectivity index (χ2v) is 6.68. The summed E-state index contributed by atoms with van der Waals surface area (Å²) in [6.45, 7) is 1.54. The molecule has 0 fully saturated rings. The summed E-state index contributed by atoms with van der Waals surface area (Å²) in [4.78, 5) is 12.2. The maximum Gasteiger partial charge on any atom is 0.284 e. The molecule has 0 aliphatic heterocycles. The molecule has 4 N–H and O–H groups in total. The first kappa shape index (κ1) is 19.3. The Morgan fingerprint density at radius 2 is 1.63 bits per heavy atom. The van der Waals surface area contributed by atoms with Gasteiger partial charge in [-0.15, -0.1) is 0 Å². The average molecular weight is 428 g/mol. The largest absolute Gasteiger partial charge is 0.504 e. The van der Waals surface area contributed by atoms with Crippen molar-refractivity contribution in [2.24, 2.45) is 0 Å². The van der Waals surface area contributed by atoms with Crippen molar-refractivity contribution in [3.63, 3.8) is 0 Å². The second kappa shape index (κ2) is 7.45. The highest BCUT2D eigenvalue weighted by Crippen LogP contribution is 2.39. The van der Waals surface area contributed by atoms with Crippen LogP contribution in [0.15, 0.2) is 42.6 Å². The molecule has 0 atom stereocenters. The highest BCUT2D eigenvalue weighted by atomic mass is 35.5. The van der Waals surface area contributed by atoms with Crippen molar-refractivity contribution in [2.75, 3.05) is 0 Å². The highest BCUT2D eigenvalue weighted by Gasteiger charge is 2.16. The van der Waals surface area contributed by atoms with Gasteiger partial charge in [-0.3, -0.25) is 0 Å². The maximum atomic E-state index is 10.2. The third-order valence-electron chi connectivity index (χ3n) is 4.17. The number of hydrogen-bond acceptors (Lipinski definition) is 9. The van der Waals surface area contributed by atoms with Gasteiger partial charge >= 0.3 is 0 Å². The summed E-state index contributed by atoms with van der Waals surface area (Å²) in [5.41, 5.74) is 0.956. The molecular formula is C20H14ClN3O6. The summed E-state index contributed by atoms with van der Waals surface area (Å²) < 4.78 is 11.1. The van der Waals surface area contributed by atoms with Crippen LogP contribution in [0.25, 0.3) is 11.0 Å². The highest BCUT2D eigenvalue weighted by molar-refractivity contribution is 6.30. The summed E-state index contributed by atoms with van der Waals surface area (Å²) in [5, 5.41) is 39.7. The van der Waals surface area contributed by atoms with Crippen LogP contribution >= 0.6 is 11.6 Å². The van der Waals surface area contributed by atoms with Crippen molar-refractivity contribution in [2.45, 2.75) is 6.92 Å². The number of pyridine rings is 1. The minimum absolute atomic E-state index is 0.0443. The molecule has 0 aliphatic carbocycles. The number of hydrogen-bond donors (Lipinski definition) is 4. The van der Waals surface area contributed by atoms with Crippen LogP contribution in [0.1, 0.15) is 5.56 Å². The minimum atomic E-state index is -0.458. The Labute approximate surface area is 174 Å². The molecule has 0 saturated carbocycles. The first-order valence-corrected chi connectivity index (χ1v) is 8.92. The fourth-order valence-electron chi connectivity index (χ4n) is 2.63.